The number of rotatable bonds is 5. The number of aryl methyl sites for hydroxylation is 1. The first-order chi connectivity index (χ1) is 18.3. The fourth-order valence-corrected chi connectivity index (χ4v) is 5.50. The third-order valence-corrected chi connectivity index (χ3v) is 7.42. The van der Waals surface area contributed by atoms with E-state index in [0.29, 0.717) is 23.5 Å². The lowest BCUT2D eigenvalue weighted by molar-refractivity contribution is -0.130. The van der Waals surface area contributed by atoms with Gasteiger partial charge in [-0.2, -0.15) is 0 Å². The lowest BCUT2D eigenvalue weighted by atomic mass is 10.0. The minimum Gasteiger partial charge on any atom is -0.457 e. The molecule has 0 radical (unpaired) electrons. The second-order valence-corrected chi connectivity index (χ2v) is 11.0. The van der Waals surface area contributed by atoms with E-state index < -0.39 is 18.0 Å². The molecule has 6 rings (SSSR count). The highest BCUT2D eigenvalue weighted by Crippen LogP contribution is 2.25. The maximum atomic E-state index is 13.4. The van der Waals surface area contributed by atoms with Crippen molar-refractivity contribution in [3.05, 3.63) is 71.5 Å². The van der Waals surface area contributed by atoms with Crippen LogP contribution in [0.1, 0.15) is 41.9 Å². The summed E-state index contributed by atoms with van der Waals surface area (Å²) in [6, 6.07) is 12.6. The summed E-state index contributed by atoms with van der Waals surface area (Å²) < 4.78 is 8.02. The number of benzene rings is 2. The van der Waals surface area contributed by atoms with Crippen molar-refractivity contribution >= 4 is 29.5 Å². The van der Waals surface area contributed by atoms with Gasteiger partial charge in [0.2, 0.25) is 11.8 Å². The molecule has 1 aromatic heterocycles. The highest BCUT2D eigenvalue weighted by Gasteiger charge is 2.28. The molecule has 4 heterocycles. The van der Waals surface area contributed by atoms with Gasteiger partial charge in [0.15, 0.2) is 5.16 Å². The van der Waals surface area contributed by atoms with Gasteiger partial charge in [0, 0.05) is 30.5 Å². The van der Waals surface area contributed by atoms with Crippen LogP contribution in [0.5, 0.6) is 11.5 Å². The SMILES string of the molecule is CC(C)C[C@@H]1NC(=O)c2cccc(c2)Oc2ccc(cc2)C[C@H](C(=O)NCc2cn3c(n2)SCC3)NC1=O. The average molecular weight is 534 g/mol. The number of hydrogen-bond acceptors (Lipinski definition) is 6. The maximum absolute atomic E-state index is 13.4. The Morgan fingerprint density at radius 2 is 1.97 bits per heavy atom. The van der Waals surface area contributed by atoms with Gasteiger partial charge in [-0.1, -0.05) is 43.8 Å². The molecular formula is C28H31N5O4S. The summed E-state index contributed by atoms with van der Waals surface area (Å²) in [5, 5.41) is 9.65. The number of amides is 3. The van der Waals surface area contributed by atoms with E-state index in [2.05, 4.69) is 25.5 Å². The number of ether oxygens (including phenoxy) is 1. The highest BCUT2D eigenvalue weighted by atomic mass is 32.2. The number of hydrogen-bond donors (Lipinski definition) is 3. The van der Waals surface area contributed by atoms with Crippen LogP contribution >= 0.6 is 11.8 Å². The topological polar surface area (TPSA) is 114 Å². The third-order valence-electron chi connectivity index (χ3n) is 6.45. The Morgan fingerprint density at radius 1 is 1.16 bits per heavy atom. The van der Waals surface area contributed by atoms with E-state index in [4.69, 9.17) is 4.74 Å². The van der Waals surface area contributed by atoms with Crippen LogP contribution < -0.4 is 20.7 Å². The molecule has 2 atom stereocenters. The molecule has 38 heavy (non-hydrogen) atoms. The Labute approximate surface area is 225 Å². The normalized spacial score (nSPS) is 19.1. The van der Waals surface area contributed by atoms with Crippen LogP contribution in [0.4, 0.5) is 0 Å². The Kier molecular flexibility index (Phi) is 7.69. The Hall–Kier alpha value is -3.79. The van der Waals surface area contributed by atoms with E-state index in [9.17, 15) is 14.4 Å². The summed E-state index contributed by atoms with van der Waals surface area (Å²) in [5.41, 5.74) is 2.02. The Morgan fingerprint density at radius 3 is 2.74 bits per heavy atom. The monoisotopic (exact) mass is 533 g/mol. The fourth-order valence-electron chi connectivity index (χ4n) is 4.54. The number of thioether (sulfide) groups is 1. The van der Waals surface area contributed by atoms with Crippen LogP contribution in [0.15, 0.2) is 59.9 Å². The van der Waals surface area contributed by atoms with Crippen LogP contribution in [-0.4, -0.2) is 45.1 Å². The summed E-state index contributed by atoms with van der Waals surface area (Å²) in [6.07, 6.45) is 2.66. The van der Waals surface area contributed by atoms with Gasteiger partial charge >= 0.3 is 0 Å². The standard InChI is InChI=1S/C28H31N5O4S/c1-17(2)12-23-27(36)32-24(26(35)29-15-20-16-33-10-11-38-28(33)30-20)13-18-6-8-21(9-7-18)37-22-5-3-4-19(14-22)25(34)31-23/h3-9,14,16-17,23-24H,10-13,15H2,1-2H3,(H,29,35)(H,31,34)(H,32,36)/t23-,24+/m0/s1. The smallest absolute Gasteiger partial charge is 0.252 e. The number of carbonyl (C=O) groups excluding carboxylic acids is 3. The van der Waals surface area contributed by atoms with E-state index in [-0.39, 0.29) is 30.7 Å². The Balaban J connectivity index is 1.39. The van der Waals surface area contributed by atoms with E-state index in [0.717, 1.165) is 28.7 Å². The number of aromatic nitrogens is 2. The number of imidazole rings is 1. The van der Waals surface area contributed by atoms with Crippen LogP contribution in [0.3, 0.4) is 0 Å². The zero-order valence-corrected chi connectivity index (χ0v) is 22.2. The summed E-state index contributed by atoms with van der Waals surface area (Å²) in [4.78, 5) is 44.4. The van der Waals surface area contributed by atoms with Gasteiger partial charge < -0.3 is 25.3 Å². The van der Waals surface area contributed by atoms with E-state index in [1.807, 2.05) is 44.3 Å². The molecule has 3 aliphatic rings. The molecule has 3 aromatic rings. The van der Waals surface area contributed by atoms with Crippen LogP contribution in [0.25, 0.3) is 0 Å². The molecule has 3 N–H and O–H groups in total. The molecule has 0 unspecified atom stereocenters. The van der Waals surface area contributed by atoms with Gasteiger partial charge in [0.25, 0.3) is 5.91 Å². The van der Waals surface area contributed by atoms with E-state index >= 15 is 0 Å². The number of fused-ring (bicyclic) bond motifs is 9. The molecular weight excluding hydrogens is 502 g/mol. The van der Waals surface area contributed by atoms with Gasteiger partial charge in [-0.15, -0.1) is 0 Å². The zero-order chi connectivity index (χ0) is 26.6. The summed E-state index contributed by atoms with van der Waals surface area (Å²) in [5.74, 6) is 1.18. The minimum atomic E-state index is -0.837. The predicted molar refractivity (Wildman–Crippen MR) is 144 cm³/mol. The molecule has 4 bridgehead atoms. The van der Waals surface area contributed by atoms with Crippen molar-refractivity contribution in [3.63, 3.8) is 0 Å². The molecule has 0 fully saturated rings. The lowest BCUT2D eigenvalue weighted by Gasteiger charge is -2.24. The second kappa shape index (κ2) is 11.3. The summed E-state index contributed by atoms with van der Waals surface area (Å²) in [7, 11) is 0. The third kappa shape index (κ3) is 6.19. The van der Waals surface area contributed by atoms with Gasteiger partial charge in [0.05, 0.1) is 12.2 Å². The van der Waals surface area contributed by atoms with Crippen molar-refractivity contribution in [1.29, 1.82) is 0 Å². The van der Waals surface area contributed by atoms with E-state index in [1.54, 1.807) is 36.0 Å². The first kappa shape index (κ1) is 25.8. The lowest BCUT2D eigenvalue weighted by Crippen LogP contribution is -2.54. The molecule has 9 nitrogen and oxygen atoms in total. The fraction of sp³-hybridized carbons (Fsp3) is 0.357. The molecule has 0 spiro atoms. The van der Waals surface area contributed by atoms with Crippen molar-refractivity contribution in [2.75, 3.05) is 5.75 Å². The van der Waals surface area contributed by atoms with Crippen LogP contribution in [-0.2, 0) is 29.1 Å². The number of nitrogens with zero attached hydrogens (tertiary/aromatic N) is 2. The second-order valence-electron chi connectivity index (χ2n) is 9.97. The van der Waals surface area contributed by atoms with Gasteiger partial charge in [-0.3, -0.25) is 14.4 Å². The molecule has 0 aliphatic carbocycles. The molecule has 198 valence electrons. The van der Waals surface area contributed by atoms with Crippen molar-refractivity contribution in [3.8, 4) is 11.5 Å². The van der Waals surface area contributed by atoms with Crippen molar-refractivity contribution in [2.24, 2.45) is 5.92 Å². The maximum Gasteiger partial charge on any atom is 0.252 e. The average Bonchev–Trinajstić information content (AvgIpc) is 3.49. The molecule has 0 saturated carbocycles. The van der Waals surface area contributed by atoms with Crippen molar-refractivity contribution in [2.45, 2.75) is 57.0 Å². The van der Waals surface area contributed by atoms with Crippen molar-refractivity contribution < 1.29 is 19.1 Å². The quantitative estimate of drug-likeness (QED) is 0.464. The predicted octanol–water partition coefficient (Wildman–Crippen LogP) is 3.28. The van der Waals surface area contributed by atoms with Crippen LogP contribution in [0, 0.1) is 5.92 Å². The summed E-state index contributed by atoms with van der Waals surface area (Å²) >= 11 is 1.69. The molecule has 2 aromatic carbocycles. The molecule has 0 saturated heterocycles. The largest absolute Gasteiger partial charge is 0.457 e. The molecule has 3 aliphatic heterocycles. The van der Waals surface area contributed by atoms with Crippen LogP contribution in [0.2, 0.25) is 0 Å². The first-order valence-electron chi connectivity index (χ1n) is 12.8. The van der Waals surface area contributed by atoms with Gasteiger partial charge in [0.1, 0.15) is 23.6 Å². The van der Waals surface area contributed by atoms with E-state index in [1.165, 1.54) is 0 Å². The highest BCUT2D eigenvalue weighted by molar-refractivity contribution is 7.99. The minimum absolute atomic E-state index is 0.142. The number of nitrogens with one attached hydrogen (secondary N) is 3. The summed E-state index contributed by atoms with van der Waals surface area (Å²) in [6.45, 7) is 5.14. The molecule has 3 amide bonds. The molecule has 10 heteroatoms. The van der Waals surface area contributed by atoms with Gasteiger partial charge in [-0.05, 0) is 48.2 Å². The Bertz CT molecular complexity index is 1320. The van der Waals surface area contributed by atoms with Gasteiger partial charge in [-0.25, -0.2) is 4.98 Å². The van der Waals surface area contributed by atoms with Crippen molar-refractivity contribution in [1.82, 2.24) is 25.5 Å². The number of carbonyl (C=O) groups is 3. The first-order valence-corrected chi connectivity index (χ1v) is 13.8. The zero-order valence-electron chi connectivity index (χ0n) is 21.4.